The van der Waals surface area contributed by atoms with Crippen LogP contribution in [0.15, 0.2) is 60.0 Å². The maximum absolute atomic E-state index is 4.64. The Kier molecular flexibility index (Phi) is 3.33. The molecule has 0 saturated heterocycles. The number of rotatable bonds is 3. The molecule has 0 radical (unpaired) electrons. The largest absolute Gasteiger partial charge is 0.332 e. The molecule has 1 aromatic carbocycles. The zero-order valence-electron chi connectivity index (χ0n) is 10.5. The lowest BCUT2D eigenvalue weighted by atomic mass is 10.1. The van der Waals surface area contributed by atoms with Crippen LogP contribution in [0.3, 0.4) is 0 Å². The third kappa shape index (κ3) is 2.39. The van der Waals surface area contributed by atoms with Crippen molar-refractivity contribution in [2.45, 2.75) is 5.16 Å². The minimum Gasteiger partial charge on any atom is -0.332 e. The van der Waals surface area contributed by atoms with Gasteiger partial charge in [-0.05, 0) is 18.4 Å². The molecular formula is C15H13N3S. The Labute approximate surface area is 116 Å². The summed E-state index contributed by atoms with van der Waals surface area (Å²) < 4.78 is 0. The maximum Gasteiger partial charge on any atom is 0.166 e. The van der Waals surface area contributed by atoms with Crippen LogP contribution < -0.4 is 0 Å². The van der Waals surface area contributed by atoms with Crippen LogP contribution in [0, 0.1) is 0 Å². The minimum atomic E-state index is 0.915. The molecule has 2 heterocycles. The summed E-state index contributed by atoms with van der Waals surface area (Å²) in [5, 5.41) is 0.915. The molecule has 0 aliphatic heterocycles. The standard InChI is InChI=1S/C15H13N3S/c1-19-15-17-13(11-6-3-2-4-7-11)14(18-15)12-8-5-9-16-10-12/h2-10H,1H3,(H,17,18). The van der Waals surface area contributed by atoms with Gasteiger partial charge >= 0.3 is 0 Å². The molecule has 4 heteroatoms. The Hall–Kier alpha value is -2.07. The number of pyridine rings is 1. The fourth-order valence-corrected chi connectivity index (χ4v) is 2.36. The van der Waals surface area contributed by atoms with Crippen molar-refractivity contribution in [3.05, 3.63) is 54.9 Å². The van der Waals surface area contributed by atoms with E-state index in [1.54, 1.807) is 18.0 Å². The van der Waals surface area contributed by atoms with E-state index >= 15 is 0 Å². The van der Waals surface area contributed by atoms with Gasteiger partial charge in [0, 0.05) is 23.5 Å². The lowest BCUT2D eigenvalue weighted by molar-refractivity contribution is 1.07. The van der Waals surface area contributed by atoms with Gasteiger partial charge in [0.05, 0.1) is 11.4 Å². The van der Waals surface area contributed by atoms with Crippen LogP contribution in [0.5, 0.6) is 0 Å². The first-order valence-corrected chi connectivity index (χ1v) is 7.21. The molecule has 3 rings (SSSR count). The smallest absolute Gasteiger partial charge is 0.166 e. The second kappa shape index (κ2) is 5.28. The van der Waals surface area contributed by atoms with Crippen LogP contribution in [0.1, 0.15) is 0 Å². The highest BCUT2D eigenvalue weighted by Crippen LogP contribution is 2.31. The third-order valence-electron chi connectivity index (χ3n) is 2.87. The number of nitrogens with zero attached hydrogens (tertiary/aromatic N) is 2. The molecule has 3 nitrogen and oxygen atoms in total. The molecule has 0 aliphatic carbocycles. The molecule has 94 valence electrons. The van der Waals surface area contributed by atoms with E-state index in [1.807, 2.05) is 42.8 Å². The molecule has 0 unspecified atom stereocenters. The topological polar surface area (TPSA) is 41.6 Å². The summed E-state index contributed by atoms with van der Waals surface area (Å²) >= 11 is 1.61. The first-order chi connectivity index (χ1) is 9.38. The summed E-state index contributed by atoms with van der Waals surface area (Å²) in [4.78, 5) is 12.2. The summed E-state index contributed by atoms with van der Waals surface area (Å²) in [6.45, 7) is 0. The summed E-state index contributed by atoms with van der Waals surface area (Å²) in [6, 6.07) is 14.2. The predicted octanol–water partition coefficient (Wildman–Crippen LogP) is 3.86. The number of aromatic nitrogens is 3. The molecule has 3 aromatic rings. The van der Waals surface area contributed by atoms with Crippen molar-refractivity contribution in [3.63, 3.8) is 0 Å². The van der Waals surface area contributed by atoms with Gasteiger partial charge in [0.15, 0.2) is 5.16 Å². The van der Waals surface area contributed by atoms with Gasteiger partial charge in [0.25, 0.3) is 0 Å². The SMILES string of the molecule is CSc1nc(-c2cccnc2)c(-c2ccccc2)[nH]1. The number of imidazole rings is 1. The molecule has 2 aromatic heterocycles. The van der Waals surface area contributed by atoms with Gasteiger partial charge in [-0.15, -0.1) is 0 Å². The normalized spacial score (nSPS) is 10.6. The summed E-state index contributed by atoms with van der Waals surface area (Å²) in [6.07, 6.45) is 5.63. The van der Waals surface area contributed by atoms with Gasteiger partial charge < -0.3 is 4.98 Å². The Morgan fingerprint density at radius 1 is 1.00 bits per heavy atom. The molecule has 0 fully saturated rings. The van der Waals surface area contributed by atoms with Crippen LogP contribution in [0.25, 0.3) is 22.5 Å². The first-order valence-electron chi connectivity index (χ1n) is 5.98. The third-order valence-corrected chi connectivity index (χ3v) is 3.45. The number of aromatic amines is 1. The molecule has 0 amide bonds. The molecule has 0 spiro atoms. The van der Waals surface area contributed by atoms with Crippen molar-refractivity contribution in [2.75, 3.05) is 6.26 Å². The Balaban J connectivity index is 2.17. The highest BCUT2D eigenvalue weighted by molar-refractivity contribution is 7.98. The van der Waals surface area contributed by atoms with Gasteiger partial charge in [-0.3, -0.25) is 4.98 Å². The lowest BCUT2D eigenvalue weighted by Crippen LogP contribution is -1.84. The number of hydrogen-bond donors (Lipinski definition) is 1. The number of nitrogens with one attached hydrogen (secondary N) is 1. The minimum absolute atomic E-state index is 0.915. The van der Waals surface area contributed by atoms with E-state index in [4.69, 9.17) is 0 Å². The molecule has 0 saturated carbocycles. The van der Waals surface area contributed by atoms with E-state index in [0.29, 0.717) is 0 Å². The fourth-order valence-electron chi connectivity index (χ4n) is 1.97. The highest BCUT2D eigenvalue weighted by atomic mass is 32.2. The zero-order chi connectivity index (χ0) is 13.1. The summed E-state index contributed by atoms with van der Waals surface area (Å²) in [5.41, 5.74) is 4.15. The Bertz CT molecular complexity index is 605. The maximum atomic E-state index is 4.64. The Morgan fingerprint density at radius 3 is 2.47 bits per heavy atom. The Morgan fingerprint density at radius 2 is 1.79 bits per heavy atom. The monoisotopic (exact) mass is 267 g/mol. The van der Waals surface area contributed by atoms with Crippen LogP contribution in [0.2, 0.25) is 0 Å². The summed E-state index contributed by atoms with van der Waals surface area (Å²) in [5.74, 6) is 0. The van der Waals surface area contributed by atoms with Crippen LogP contribution in [-0.2, 0) is 0 Å². The van der Waals surface area contributed by atoms with Crippen molar-refractivity contribution >= 4 is 11.8 Å². The van der Waals surface area contributed by atoms with Crippen molar-refractivity contribution in [1.29, 1.82) is 0 Å². The second-order valence-corrected chi connectivity index (χ2v) is 4.87. The predicted molar refractivity (Wildman–Crippen MR) is 79.0 cm³/mol. The number of H-pyrrole nitrogens is 1. The molecular weight excluding hydrogens is 254 g/mol. The number of thioether (sulfide) groups is 1. The zero-order valence-corrected chi connectivity index (χ0v) is 11.3. The van der Waals surface area contributed by atoms with Gasteiger partial charge in [0.2, 0.25) is 0 Å². The van der Waals surface area contributed by atoms with Gasteiger partial charge in [-0.1, -0.05) is 42.1 Å². The quantitative estimate of drug-likeness (QED) is 0.733. The molecule has 0 atom stereocenters. The number of benzene rings is 1. The van der Waals surface area contributed by atoms with Crippen molar-refractivity contribution in [1.82, 2.24) is 15.0 Å². The molecule has 0 aliphatic rings. The van der Waals surface area contributed by atoms with Crippen molar-refractivity contribution < 1.29 is 0 Å². The van der Waals surface area contributed by atoms with E-state index in [9.17, 15) is 0 Å². The van der Waals surface area contributed by atoms with Crippen LogP contribution in [0.4, 0.5) is 0 Å². The average Bonchev–Trinajstić information content (AvgIpc) is 2.93. The van der Waals surface area contributed by atoms with Crippen LogP contribution in [-0.4, -0.2) is 21.2 Å². The van der Waals surface area contributed by atoms with Gasteiger partial charge in [-0.25, -0.2) is 4.98 Å². The second-order valence-electron chi connectivity index (χ2n) is 4.08. The van der Waals surface area contributed by atoms with Crippen molar-refractivity contribution in [2.24, 2.45) is 0 Å². The highest BCUT2D eigenvalue weighted by Gasteiger charge is 2.13. The van der Waals surface area contributed by atoms with E-state index in [1.165, 1.54) is 0 Å². The van der Waals surface area contributed by atoms with E-state index in [2.05, 4.69) is 27.1 Å². The van der Waals surface area contributed by atoms with E-state index < -0.39 is 0 Å². The molecule has 0 bridgehead atoms. The van der Waals surface area contributed by atoms with Crippen molar-refractivity contribution in [3.8, 4) is 22.5 Å². The van der Waals surface area contributed by atoms with E-state index in [-0.39, 0.29) is 0 Å². The molecule has 1 N–H and O–H groups in total. The van der Waals surface area contributed by atoms with Gasteiger partial charge in [0.1, 0.15) is 0 Å². The first kappa shape index (κ1) is 12.0. The number of hydrogen-bond acceptors (Lipinski definition) is 3. The summed E-state index contributed by atoms with van der Waals surface area (Å²) in [7, 11) is 0. The average molecular weight is 267 g/mol. The van der Waals surface area contributed by atoms with Gasteiger partial charge in [-0.2, -0.15) is 0 Å². The molecule has 19 heavy (non-hydrogen) atoms. The lowest BCUT2D eigenvalue weighted by Gasteiger charge is -2.02. The van der Waals surface area contributed by atoms with Crippen LogP contribution >= 0.6 is 11.8 Å². The van der Waals surface area contributed by atoms with E-state index in [0.717, 1.165) is 27.7 Å². The fraction of sp³-hybridized carbons (Fsp3) is 0.0667.